The van der Waals surface area contributed by atoms with Gasteiger partial charge in [0.05, 0.1) is 18.7 Å². The van der Waals surface area contributed by atoms with Gasteiger partial charge >= 0.3 is 12.0 Å². The number of aryl methyl sites for hydroxylation is 3. The van der Waals surface area contributed by atoms with Crippen LogP contribution in [0.1, 0.15) is 44.2 Å². The summed E-state index contributed by atoms with van der Waals surface area (Å²) in [6.07, 6.45) is 0. The van der Waals surface area contributed by atoms with Crippen LogP contribution in [0.2, 0.25) is 0 Å². The first kappa shape index (κ1) is 18.0. The first-order valence-electron chi connectivity index (χ1n) is 7.65. The summed E-state index contributed by atoms with van der Waals surface area (Å²) in [7, 11) is 1.33. The molecule has 0 spiro atoms. The van der Waals surface area contributed by atoms with Gasteiger partial charge in [-0.05, 0) is 57.0 Å². The molecule has 1 atom stereocenters. The van der Waals surface area contributed by atoms with E-state index >= 15 is 0 Å². The predicted octanol–water partition coefficient (Wildman–Crippen LogP) is 4.34. The maximum absolute atomic E-state index is 12.3. The second kappa shape index (κ2) is 7.49. The molecule has 1 unspecified atom stereocenters. The lowest BCUT2D eigenvalue weighted by molar-refractivity contribution is 0.0600. The minimum absolute atomic E-state index is 0.0981. The molecule has 0 radical (unpaired) electrons. The third-order valence-electron chi connectivity index (χ3n) is 3.80. The smallest absolute Gasteiger partial charge is 0.337 e. The molecule has 128 valence electrons. The third kappa shape index (κ3) is 4.14. The Morgan fingerprint density at radius 2 is 1.88 bits per heavy atom. The molecule has 0 saturated carbocycles. The Bertz CT molecular complexity index is 768. The molecule has 0 aliphatic carbocycles. The highest BCUT2D eigenvalue weighted by Crippen LogP contribution is 2.26. The zero-order valence-corrected chi connectivity index (χ0v) is 15.3. The monoisotopic (exact) mass is 346 g/mol. The normalized spacial score (nSPS) is 11.7. The van der Waals surface area contributed by atoms with Crippen LogP contribution in [0.4, 0.5) is 10.5 Å². The van der Waals surface area contributed by atoms with Crippen LogP contribution in [0.3, 0.4) is 0 Å². The van der Waals surface area contributed by atoms with Crippen molar-refractivity contribution in [3.8, 4) is 0 Å². The van der Waals surface area contributed by atoms with Crippen LogP contribution in [0.25, 0.3) is 0 Å². The van der Waals surface area contributed by atoms with Gasteiger partial charge < -0.3 is 15.4 Å². The number of rotatable bonds is 4. The number of benzene rings is 1. The van der Waals surface area contributed by atoms with E-state index in [9.17, 15) is 9.59 Å². The number of urea groups is 1. The lowest BCUT2D eigenvalue weighted by Gasteiger charge is -2.16. The zero-order chi connectivity index (χ0) is 17.9. The minimum Gasteiger partial charge on any atom is -0.465 e. The SMILES string of the molecule is COC(=O)c1ccc(C)c(NC(=O)NC(C)c2cc(C)sc2C)c1. The summed E-state index contributed by atoms with van der Waals surface area (Å²) in [6.45, 7) is 7.92. The Kier molecular flexibility index (Phi) is 5.62. The van der Waals surface area contributed by atoms with Gasteiger partial charge in [0.15, 0.2) is 0 Å². The highest BCUT2D eigenvalue weighted by atomic mass is 32.1. The van der Waals surface area contributed by atoms with E-state index in [1.165, 1.54) is 16.9 Å². The van der Waals surface area contributed by atoms with Crippen LogP contribution in [-0.2, 0) is 4.74 Å². The van der Waals surface area contributed by atoms with Gasteiger partial charge in [0.1, 0.15) is 0 Å². The molecule has 0 aliphatic heterocycles. The number of thiophene rings is 1. The van der Waals surface area contributed by atoms with Crippen molar-refractivity contribution in [2.24, 2.45) is 0 Å². The van der Waals surface area contributed by atoms with Crippen LogP contribution < -0.4 is 10.6 Å². The topological polar surface area (TPSA) is 67.4 Å². The number of nitrogens with one attached hydrogen (secondary N) is 2. The second-order valence-corrected chi connectivity index (χ2v) is 7.17. The summed E-state index contributed by atoms with van der Waals surface area (Å²) < 4.78 is 4.71. The van der Waals surface area contributed by atoms with Crippen molar-refractivity contribution < 1.29 is 14.3 Å². The summed E-state index contributed by atoms with van der Waals surface area (Å²) in [5, 5.41) is 5.73. The summed E-state index contributed by atoms with van der Waals surface area (Å²) >= 11 is 1.72. The molecule has 5 nitrogen and oxygen atoms in total. The van der Waals surface area contributed by atoms with Crippen molar-refractivity contribution in [2.45, 2.75) is 33.7 Å². The van der Waals surface area contributed by atoms with Crippen molar-refractivity contribution in [1.82, 2.24) is 5.32 Å². The predicted molar refractivity (Wildman–Crippen MR) is 96.9 cm³/mol. The molecule has 0 aliphatic rings. The van der Waals surface area contributed by atoms with E-state index < -0.39 is 5.97 Å². The molecule has 6 heteroatoms. The summed E-state index contributed by atoms with van der Waals surface area (Å²) in [6, 6.07) is 6.75. The summed E-state index contributed by atoms with van der Waals surface area (Å²) in [4.78, 5) is 26.3. The van der Waals surface area contributed by atoms with Crippen LogP contribution in [0.15, 0.2) is 24.3 Å². The molecule has 0 saturated heterocycles. The molecule has 2 amide bonds. The van der Waals surface area contributed by atoms with Gasteiger partial charge in [-0.25, -0.2) is 9.59 Å². The summed E-state index contributed by atoms with van der Waals surface area (Å²) in [5.41, 5.74) is 2.97. The molecular formula is C18H22N2O3S. The number of esters is 1. The molecule has 2 aromatic rings. The molecule has 1 aromatic heterocycles. The highest BCUT2D eigenvalue weighted by molar-refractivity contribution is 7.12. The second-order valence-electron chi connectivity index (χ2n) is 5.71. The molecule has 24 heavy (non-hydrogen) atoms. The number of ether oxygens (including phenoxy) is 1. The van der Waals surface area contributed by atoms with Gasteiger partial charge in [0, 0.05) is 15.4 Å². The van der Waals surface area contributed by atoms with Gasteiger partial charge in [-0.2, -0.15) is 0 Å². The Hall–Kier alpha value is -2.34. The van der Waals surface area contributed by atoms with Gasteiger partial charge in [0.25, 0.3) is 0 Å². The average molecular weight is 346 g/mol. The number of hydrogen-bond donors (Lipinski definition) is 2. The maximum atomic E-state index is 12.3. The van der Waals surface area contributed by atoms with Crippen LogP contribution in [-0.4, -0.2) is 19.1 Å². The van der Waals surface area contributed by atoms with E-state index in [2.05, 4.69) is 23.6 Å². The standard InChI is InChI=1S/C18H22N2O3S/c1-10-6-7-14(17(21)23-5)9-16(10)20-18(22)19-12(3)15-8-11(2)24-13(15)4/h6-9,12H,1-5H3,(H2,19,20,22). The van der Waals surface area contributed by atoms with E-state index in [1.54, 1.807) is 29.5 Å². The lowest BCUT2D eigenvalue weighted by atomic mass is 10.1. The zero-order valence-electron chi connectivity index (χ0n) is 14.5. The van der Waals surface area contributed by atoms with Crippen LogP contribution in [0.5, 0.6) is 0 Å². The van der Waals surface area contributed by atoms with Gasteiger partial charge in [0.2, 0.25) is 0 Å². The summed E-state index contributed by atoms with van der Waals surface area (Å²) in [5.74, 6) is -0.434. The maximum Gasteiger partial charge on any atom is 0.337 e. The minimum atomic E-state index is -0.434. The Balaban J connectivity index is 2.09. The quantitative estimate of drug-likeness (QED) is 0.809. The van der Waals surface area contributed by atoms with Crippen LogP contribution in [0, 0.1) is 20.8 Å². The highest BCUT2D eigenvalue weighted by Gasteiger charge is 2.15. The first-order chi connectivity index (χ1) is 11.3. The number of anilines is 1. The average Bonchev–Trinajstić information content (AvgIpc) is 2.87. The fraction of sp³-hybridized carbons (Fsp3) is 0.333. The lowest BCUT2D eigenvalue weighted by Crippen LogP contribution is -2.31. The van der Waals surface area contributed by atoms with Crippen molar-refractivity contribution >= 4 is 29.0 Å². The van der Waals surface area contributed by atoms with E-state index in [0.717, 1.165) is 11.1 Å². The molecule has 1 aromatic carbocycles. The molecular weight excluding hydrogens is 324 g/mol. The third-order valence-corrected chi connectivity index (χ3v) is 4.78. The molecule has 0 fully saturated rings. The largest absolute Gasteiger partial charge is 0.465 e. The van der Waals surface area contributed by atoms with Gasteiger partial charge in [-0.15, -0.1) is 11.3 Å². The van der Waals surface area contributed by atoms with E-state index in [-0.39, 0.29) is 12.1 Å². The van der Waals surface area contributed by atoms with E-state index in [1.807, 2.05) is 20.8 Å². The van der Waals surface area contributed by atoms with Gasteiger partial charge in [-0.1, -0.05) is 6.07 Å². The molecule has 1 heterocycles. The Morgan fingerprint density at radius 3 is 2.46 bits per heavy atom. The van der Waals surface area contributed by atoms with Crippen LogP contribution >= 0.6 is 11.3 Å². The van der Waals surface area contributed by atoms with E-state index in [0.29, 0.717) is 11.3 Å². The first-order valence-corrected chi connectivity index (χ1v) is 8.47. The van der Waals surface area contributed by atoms with Crippen molar-refractivity contribution in [2.75, 3.05) is 12.4 Å². The van der Waals surface area contributed by atoms with E-state index in [4.69, 9.17) is 4.74 Å². The van der Waals surface area contributed by atoms with Crippen molar-refractivity contribution in [1.29, 1.82) is 0 Å². The van der Waals surface area contributed by atoms with Crippen molar-refractivity contribution in [3.05, 3.63) is 50.7 Å². The van der Waals surface area contributed by atoms with Crippen molar-refractivity contribution in [3.63, 3.8) is 0 Å². The fourth-order valence-electron chi connectivity index (χ4n) is 2.51. The molecule has 2 rings (SSSR count). The Labute approximate surface area is 146 Å². The molecule has 0 bridgehead atoms. The number of methoxy groups -OCH3 is 1. The number of amides is 2. The Morgan fingerprint density at radius 1 is 1.17 bits per heavy atom. The van der Waals surface area contributed by atoms with Gasteiger partial charge in [-0.3, -0.25) is 0 Å². The molecule has 2 N–H and O–H groups in total. The number of carbonyl (C=O) groups is 2. The number of carbonyl (C=O) groups excluding carboxylic acids is 2. The number of hydrogen-bond acceptors (Lipinski definition) is 4. The fourth-order valence-corrected chi connectivity index (χ4v) is 3.54.